The van der Waals surface area contributed by atoms with Crippen molar-refractivity contribution >= 4 is 10.9 Å². The lowest BCUT2D eigenvalue weighted by atomic mass is 9.95. The van der Waals surface area contributed by atoms with Crippen molar-refractivity contribution in [1.29, 1.82) is 0 Å². The smallest absolute Gasteiger partial charge is 0.252 e. The molecule has 33 heavy (non-hydrogen) atoms. The second kappa shape index (κ2) is 9.75. The van der Waals surface area contributed by atoms with Crippen molar-refractivity contribution in [1.82, 2.24) is 30.1 Å². The van der Waals surface area contributed by atoms with Crippen LogP contribution in [0.25, 0.3) is 10.9 Å². The van der Waals surface area contributed by atoms with E-state index in [0.717, 1.165) is 47.1 Å². The molecule has 2 heterocycles. The zero-order valence-electron chi connectivity index (χ0n) is 20.0. The van der Waals surface area contributed by atoms with Gasteiger partial charge in [-0.15, -0.1) is 5.10 Å². The Balaban J connectivity index is 1.50. The lowest BCUT2D eigenvalue weighted by Gasteiger charge is -2.36. The van der Waals surface area contributed by atoms with Gasteiger partial charge in [-0.3, -0.25) is 9.69 Å². The molecule has 3 aromatic rings. The van der Waals surface area contributed by atoms with Crippen molar-refractivity contribution in [3.05, 3.63) is 51.6 Å². The van der Waals surface area contributed by atoms with Crippen LogP contribution in [0.3, 0.4) is 0 Å². The Morgan fingerprint density at radius 2 is 1.85 bits per heavy atom. The molecule has 7 nitrogen and oxygen atoms in total. The molecule has 5 rings (SSSR count). The van der Waals surface area contributed by atoms with Crippen molar-refractivity contribution < 1.29 is 0 Å². The molecular weight excluding hydrogens is 412 g/mol. The maximum Gasteiger partial charge on any atom is 0.252 e. The van der Waals surface area contributed by atoms with Crippen LogP contribution < -0.4 is 5.56 Å². The summed E-state index contributed by atoms with van der Waals surface area (Å²) in [6.45, 7) is 4.90. The predicted molar refractivity (Wildman–Crippen MR) is 130 cm³/mol. The Morgan fingerprint density at radius 3 is 2.61 bits per heavy atom. The first-order chi connectivity index (χ1) is 16.1. The van der Waals surface area contributed by atoms with Gasteiger partial charge in [-0.1, -0.05) is 51.2 Å². The van der Waals surface area contributed by atoms with Gasteiger partial charge < -0.3 is 4.98 Å². The summed E-state index contributed by atoms with van der Waals surface area (Å²) in [4.78, 5) is 18.7. The molecule has 0 radical (unpaired) electrons. The summed E-state index contributed by atoms with van der Waals surface area (Å²) < 4.78 is 2.11. The van der Waals surface area contributed by atoms with Gasteiger partial charge >= 0.3 is 0 Å². The molecule has 0 spiro atoms. The molecule has 1 unspecified atom stereocenters. The maximum atomic E-state index is 13.1. The first-order valence-electron chi connectivity index (χ1n) is 12.8. The average Bonchev–Trinajstić information content (AvgIpc) is 3.53. The third-order valence-electron chi connectivity index (χ3n) is 7.75. The molecule has 2 aliphatic carbocycles. The van der Waals surface area contributed by atoms with Crippen LogP contribution in [0.5, 0.6) is 0 Å². The van der Waals surface area contributed by atoms with Gasteiger partial charge in [0.25, 0.3) is 5.56 Å². The van der Waals surface area contributed by atoms with Crippen LogP contribution in [0.2, 0.25) is 0 Å². The summed E-state index contributed by atoms with van der Waals surface area (Å²) in [5, 5.41) is 14.2. The Morgan fingerprint density at radius 1 is 1.09 bits per heavy atom. The summed E-state index contributed by atoms with van der Waals surface area (Å²) >= 11 is 0. The molecule has 7 heteroatoms. The van der Waals surface area contributed by atoms with E-state index in [0.29, 0.717) is 18.6 Å². The molecule has 2 saturated carbocycles. The van der Waals surface area contributed by atoms with Gasteiger partial charge in [-0.05, 0) is 72.5 Å². The van der Waals surface area contributed by atoms with Gasteiger partial charge in [0.2, 0.25) is 0 Å². The van der Waals surface area contributed by atoms with Gasteiger partial charge in [-0.2, -0.15) is 0 Å². The molecule has 0 amide bonds. The number of hydrogen-bond acceptors (Lipinski definition) is 5. The van der Waals surface area contributed by atoms with Crippen LogP contribution in [-0.2, 0) is 6.54 Å². The van der Waals surface area contributed by atoms with E-state index in [1.165, 1.54) is 44.9 Å². The number of aryl methyl sites for hydroxylation is 1. The van der Waals surface area contributed by atoms with E-state index in [1.807, 2.05) is 6.07 Å². The molecule has 2 aliphatic rings. The van der Waals surface area contributed by atoms with E-state index in [-0.39, 0.29) is 11.6 Å². The third kappa shape index (κ3) is 4.60. The zero-order valence-corrected chi connectivity index (χ0v) is 20.0. The first kappa shape index (κ1) is 22.3. The van der Waals surface area contributed by atoms with Crippen molar-refractivity contribution in [3.8, 4) is 0 Å². The highest BCUT2D eigenvalue weighted by Gasteiger charge is 2.34. The second-order valence-corrected chi connectivity index (χ2v) is 10.0. The summed E-state index contributed by atoms with van der Waals surface area (Å²) in [6, 6.07) is 9.29. The highest BCUT2D eigenvalue weighted by molar-refractivity contribution is 5.79. The fourth-order valence-corrected chi connectivity index (χ4v) is 5.97. The standard InChI is InChI=1S/C26H36N6O/c1-3-24(25-28-29-30-32(25)22-11-5-4-6-12-22)31(21-9-7-8-10-21)17-20-16-19-14-13-18(2)15-23(19)27-26(20)33/h13-16,21-22,24H,3-12,17H2,1-2H3,(H,27,33). The molecular formula is C26H36N6O. The van der Waals surface area contributed by atoms with Crippen LogP contribution in [0.15, 0.2) is 29.1 Å². The zero-order chi connectivity index (χ0) is 22.8. The van der Waals surface area contributed by atoms with Crippen LogP contribution in [0.4, 0.5) is 0 Å². The lowest BCUT2D eigenvalue weighted by Crippen LogP contribution is -2.39. The van der Waals surface area contributed by atoms with Gasteiger partial charge in [0.05, 0.1) is 12.1 Å². The first-order valence-corrected chi connectivity index (χ1v) is 12.8. The van der Waals surface area contributed by atoms with E-state index in [4.69, 9.17) is 0 Å². The van der Waals surface area contributed by atoms with Gasteiger partial charge in [0.1, 0.15) is 0 Å². The van der Waals surface area contributed by atoms with Crippen molar-refractivity contribution in [3.63, 3.8) is 0 Å². The number of nitrogens with one attached hydrogen (secondary N) is 1. The summed E-state index contributed by atoms with van der Waals surface area (Å²) in [7, 11) is 0. The largest absolute Gasteiger partial charge is 0.322 e. The van der Waals surface area contributed by atoms with E-state index < -0.39 is 0 Å². The number of nitrogens with zero attached hydrogens (tertiary/aromatic N) is 5. The minimum atomic E-state index is 0.0119. The molecule has 2 fully saturated rings. The minimum absolute atomic E-state index is 0.0119. The number of benzene rings is 1. The summed E-state index contributed by atoms with van der Waals surface area (Å²) in [5.74, 6) is 0.976. The molecule has 176 valence electrons. The highest BCUT2D eigenvalue weighted by atomic mass is 16.1. The quantitative estimate of drug-likeness (QED) is 0.536. The number of hydrogen-bond donors (Lipinski definition) is 1. The SMILES string of the molecule is CCC(c1nnnn1C1CCCCC1)N(Cc1cc2ccc(C)cc2[nH]c1=O)C1CCCC1. The average molecular weight is 449 g/mol. The number of pyridine rings is 1. The molecule has 0 bridgehead atoms. The van der Waals surface area contributed by atoms with E-state index in [1.54, 1.807) is 0 Å². The van der Waals surface area contributed by atoms with E-state index in [2.05, 4.69) is 62.1 Å². The number of aromatic nitrogens is 5. The number of H-pyrrole nitrogens is 1. The van der Waals surface area contributed by atoms with Gasteiger partial charge in [0, 0.05) is 23.7 Å². The van der Waals surface area contributed by atoms with Crippen LogP contribution >= 0.6 is 0 Å². The van der Waals surface area contributed by atoms with Gasteiger partial charge in [-0.25, -0.2) is 4.68 Å². The predicted octanol–water partition coefficient (Wildman–Crippen LogP) is 5.22. The maximum absolute atomic E-state index is 13.1. The normalized spacial score (nSPS) is 19.0. The Hall–Kier alpha value is -2.54. The minimum Gasteiger partial charge on any atom is -0.322 e. The van der Waals surface area contributed by atoms with Crippen LogP contribution in [-0.4, -0.2) is 36.1 Å². The van der Waals surface area contributed by atoms with E-state index >= 15 is 0 Å². The summed E-state index contributed by atoms with van der Waals surface area (Å²) in [5.41, 5.74) is 2.90. The molecule has 1 atom stereocenters. The van der Waals surface area contributed by atoms with Gasteiger partial charge in [0.15, 0.2) is 5.82 Å². The summed E-state index contributed by atoms with van der Waals surface area (Å²) in [6.07, 6.45) is 11.9. The molecule has 0 saturated heterocycles. The fraction of sp³-hybridized carbons (Fsp3) is 0.615. The van der Waals surface area contributed by atoms with Crippen molar-refractivity contribution in [2.24, 2.45) is 0 Å². The fourth-order valence-electron chi connectivity index (χ4n) is 5.97. The Kier molecular flexibility index (Phi) is 6.58. The molecule has 1 N–H and O–H groups in total. The number of tetrazole rings is 1. The molecule has 1 aromatic carbocycles. The highest BCUT2D eigenvalue weighted by Crippen LogP contribution is 2.36. The lowest BCUT2D eigenvalue weighted by molar-refractivity contribution is 0.109. The third-order valence-corrected chi connectivity index (χ3v) is 7.75. The van der Waals surface area contributed by atoms with Crippen molar-refractivity contribution in [2.45, 2.75) is 103 Å². The van der Waals surface area contributed by atoms with Crippen molar-refractivity contribution in [2.75, 3.05) is 0 Å². The Bertz CT molecular complexity index is 1140. The number of aromatic amines is 1. The topological polar surface area (TPSA) is 79.7 Å². The second-order valence-electron chi connectivity index (χ2n) is 10.0. The number of rotatable bonds is 7. The molecule has 0 aliphatic heterocycles. The number of fused-ring (bicyclic) bond motifs is 1. The van der Waals surface area contributed by atoms with Crippen LogP contribution in [0.1, 0.15) is 100 Å². The Labute approximate surface area is 195 Å². The molecule has 2 aromatic heterocycles. The van der Waals surface area contributed by atoms with Crippen LogP contribution in [0, 0.1) is 6.92 Å². The monoisotopic (exact) mass is 448 g/mol. The van der Waals surface area contributed by atoms with E-state index in [9.17, 15) is 4.79 Å².